The number of nitrogens with zero attached hydrogens (tertiary/aromatic N) is 2. The van der Waals surface area contributed by atoms with Gasteiger partial charge in [-0.05, 0) is 16.8 Å². The minimum absolute atomic E-state index is 0.969. The standard InChI is InChI=1S/C3H5ClN4S/c4-9-7-8-3-1-2-5-6-8/h1-3,6-7H. The van der Waals surface area contributed by atoms with Crippen LogP contribution in [-0.4, -0.2) is 11.3 Å². The van der Waals surface area contributed by atoms with E-state index in [4.69, 9.17) is 10.7 Å². The second kappa shape index (κ2) is 3.60. The maximum atomic E-state index is 5.27. The number of hydrogen-bond acceptors (Lipinski definition) is 5. The predicted octanol–water partition coefficient (Wildman–Crippen LogP) is 0.613. The predicted molar refractivity (Wildman–Crippen MR) is 39.2 cm³/mol. The molecule has 0 aromatic heterocycles. The normalized spacial score (nSPS) is 15.9. The Balaban J connectivity index is 2.28. The summed E-state index contributed by atoms with van der Waals surface area (Å²) < 4.78 is 0. The van der Waals surface area contributed by atoms with Crippen LogP contribution in [0.5, 0.6) is 0 Å². The number of nitrogens with one attached hydrogen (secondary N) is 2. The molecular weight excluding hydrogens is 160 g/mol. The van der Waals surface area contributed by atoms with Gasteiger partial charge in [0.15, 0.2) is 0 Å². The molecule has 0 aromatic rings. The smallest absolute Gasteiger partial charge is 0.0504 e. The highest BCUT2D eigenvalue weighted by Gasteiger charge is 1.94. The van der Waals surface area contributed by atoms with Crippen molar-refractivity contribution in [2.75, 3.05) is 0 Å². The molecule has 0 spiro atoms. The monoisotopic (exact) mass is 164 g/mol. The largest absolute Gasteiger partial charge is 0.203 e. The number of hydrazine groups is 2. The number of rotatable bonds is 2. The molecule has 0 saturated carbocycles. The number of halogens is 1. The molecule has 0 saturated heterocycles. The van der Waals surface area contributed by atoms with E-state index in [-0.39, 0.29) is 0 Å². The van der Waals surface area contributed by atoms with Crippen molar-refractivity contribution in [1.29, 1.82) is 0 Å². The lowest BCUT2D eigenvalue weighted by Crippen LogP contribution is -2.38. The first-order chi connectivity index (χ1) is 4.43. The number of allylic oxidation sites excluding steroid dienone is 1. The van der Waals surface area contributed by atoms with Crippen molar-refractivity contribution in [3.63, 3.8) is 0 Å². The van der Waals surface area contributed by atoms with Crippen molar-refractivity contribution in [1.82, 2.24) is 15.5 Å². The van der Waals surface area contributed by atoms with Crippen LogP contribution in [0, 0.1) is 0 Å². The molecule has 1 heterocycles. The Kier molecular flexibility index (Phi) is 2.69. The van der Waals surface area contributed by atoms with Gasteiger partial charge in [-0.3, -0.25) is 0 Å². The molecule has 9 heavy (non-hydrogen) atoms. The first-order valence-corrected chi connectivity index (χ1v) is 3.85. The molecule has 4 nitrogen and oxygen atoms in total. The van der Waals surface area contributed by atoms with E-state index >= 15 is 0 Å². The van der Waals surface area contributed by atoms with E-state index < -0.39 is 0 Å². The fourth-order valence-electron chi connectivity index (χ4n) is 0.384. The van der Waals surface area contributed by atoms with Gasteiger partial charge < -0.3 is 0 Å². The Bertz CT molecular complexity index is 136. The van der Waals surface area contributed by atoms with Gasteiger partial charge in [-0.1, -0.05) is 0 Å². The summed E-state index contributed by atoms with van der Waals surface area (Å²) in [5, 5.41) is 5.23. The van der Waals surface area contributed by atoms with Crippen LogP contribution in [0.15, 0.2) is 17.4 Å². The summed E-state index contributed by atoms with van der Waals surface area (Å²) in [5.74, 6) is 0. The summed E-state index contributed by atoms with van der Waals surface area (Å²) in [4.78, 5) is 2.69. The number of hydrazone groups is 1. The molecule has 1 aliphatic rings. The highest BCUT2D eigenvalue weighted by atomic mass is 35.7. The van der Waals surface area contributed by atoms with Crippen LogP contribution in [0.3, 0.4) is 0 Å². The Morgan fingerprint density at radius 3 is 3.22 bits per heavy atom. The van der Waals surface area contributed by atoms with E-state index in [2.05, 4.69) is 15.5 Å². The van der Waals surface area contributed by atoms with E-state index in [1.54, 1.807) is 18.5 Å². The van der Waals surface area contributed by atoms with Gasteiger partial charge >= 0.3 is 0 Å². The van der Waals surface area contributed by atoms with Crippen molar-refractivity contribution in [3.8, 4) is 0 Å². The van der Waals surface area contributed by atoms with Crippen LogP contribution in [0.1, 0.15) is 0 Å². The fourth-order valence-corrected chi connectivity index (χ4v) is 0.784. The van der Waals surface area contributed by atoms with E-state index in [1.165, 1.54) is 5.12 Å². The molecule has 0 fully saturated rings. The summed E-state index contributed by atoms with van der Waals surface area (Å²) in [6, 6.07) is 0. The van der Waals surface area contributed by atoms with Gasteiger partial charge in [0.05, 0.1) is 6.21 Å². The molecule has 1 rings (SSSR count). The summed E-state index contributed by atoms with van der Waals surface area (Å²) >= 11 is 0.969. The maximum absolute atomic E-state index is 5.27. The zero-order valence-electron chi connectivity index (χ0n) is 4.41. The quantitative estimate of drug-likeness (QED) is 0.587. The van der Waals surface area contributed by atoms with Gasteiger partial charge in [0.25, 0.3) is 0 Å². The molecule has 0 bridgehead atoms. The molecule has 0 amide bonds. The van der Waals surface area contributed by atoms with Crippen molar-refractivity contribution in [3.05, 3.63) is 12.3 Å². The van der Waals surface area contributed by atoms with Gasteiger partial charge in [-0.2, -0.15) is 5.10 Å². The summed E-state index contributed by atoms with van der Waals surface area (Å²) in [6.45, 7) is 0. The maximum Gasteiger partial charge on any atom is 0.0504 e. The van der Waals surface area contributed by atoms with Gasteiger partial charge in [-0.15, -0.1) is 4.83 Å². The van der Waals surface area contributed by atoms with E-state index in [1.807, 2.05) is 0 Å². The van der Waals surface area contributed by atoms with E-state index in [0.29, 0.717) is 0 Å². The molecule has 0 unspecified atom stereocenters. The van der Waals surface area contributed by atoms with Crippen LogP contribution >= 0.6 is 21.8 Å². The zero-order valence-corrected chi connectivity index (χ0v) is 5.99. The van der Waals surface area contributed by atoms with Gasteiger partial charge in [0.1, 0.15) is 0 Å². The second-order valence-corrected chi connectivity index (χ2v) is 2.06. The summed E-state index contributed by atoms with van der Waals surface area (Å²) in [5.41, 5.74) is 2.62. The molecular formula is C3H5ClN4S. The molecule has 0 radical (unpaired) electrons. The van der Waals surface area contributed by atoms with Crippen LogP contribution < -0.4 is 10.4 Å². The molecule has 2 N–H and O–H groups in total. The van der Waals surface area contributed by atoms with Crippen LogP contribution in [0.4, 0.5) is 0 Å². The Hall–Kier alpha value is -0.390. The van der Waals surface area contributed by atoms with Crippen molar-refractivity contribution in [2.24, 2.45) is 5.10 Å². The second-order valence-electron chi connectivity index (χ2n) is 1.26. The Morgan fingerprint density at radius 2 is 2.67 bits per heavy atom. The summed E-state index contributed by atoms with van der Waals surface area (Å²) in [6.07, 6.45) is 5.16. The lowest BCUT2D eigenvalue weighted by atomic mass is 10.6. The van der Waals surface area contributed by atoms with Gasteiger partial charge in [-0.25, -0.2) is 10.7 Å². The first-order valence-electron chi connectivity index (χ1n) is 2.21. The minimum atomic E-state index is 0.969. The first kappa shape index (κ1) is 6.73. The minimum Gasteiger partial charge on any atom is -0.203 e. The molecule has 0 aromatic carbocycles. The molecule has 6 heteroatoms. The molecule has 0 atom stereocenters. The average Bonchev–Trinajstić information content (AvgIpc) is 1.91. The Morgan fingerprint density at radius 1 is 1.78 bits per heavy atom. The zero-order chi connectivity index (χ0) is 6.53. The SMILES string of the molecule is ClSNN1C=CC=NN1. The number of hydrogen-bond donors (Lipinski definition) is 2. The van der Waals surface area contributed by atoms with Crippen molar-refractivity contribution < 1.29 is 0 Å². The summed E-state index contributed by atoms with van der Waals surface area (Å²) in [7, 11) is 5.27. The third kappa shape index (κ3) is 2.13. The lowest BCUT2D eigenvalue weighted by Gasteiger charge is -2.18. The van der Waals surface area contributed by atoms with Crippen LogP contribution in [0.25, 0.3) is 0 Å². The van der Waals surface area contributed by atoms with Crippen LogP contribution in [0.2, 0.25) is 0 Å². The Labute approximate surface area is 61.5 Å². The van der Waals surface area contributed by atoms with Crippen LogP contribution in [-0.2, 0) is 0 Å². The van der Waals surface area contributed by atoms with Gasteiger partial charge in [0.2, 0.25) is 0 Å². The fraction of sp³-hybridized carbons (Fsp3) is 0. The van der Waals surface area contributed by atoms with Crippen molar-refractivity contribution >= 4 is 28.1 Å². The van der Waals surface area contributed by atoms with E-state index in [0.717, 1.165) is 11.2 Å². The highest BCUT2D eigenvalue weighted by Crippen LogP contribution is 1.99. The third-order valence-electron chi connectivity index (χ3n) is 0.694. The molecule has 0 aliphatic carbocycles. The third-order valence-corrected chi connectivity index (χ3v) is 1.17. The lowest BCUT2D eigenvalue weighted by molar-refractivity contribution is 0.252. The van der Waals surface area contributed by atoms with Crippen molar-refractivity contribution in [2.45, 2.75) is 0 Å². The van der Waals surface area contributed by atoms with Gasteiger partial charge in [0, 0.05) is 17.4 Å². The highest BCUT2D eigenvalue weighted by molar-refractivity contribution is 8.19. The molecule has 1 aliphatic heterocycles. The van der Waals surface area contributed by atoms with E-state index in [9.17, 15) is 0 Å². The average molecular weight is 165 g/mol. The topological polar surface area (TPSA) is 39.7 Å². The molecule has 50 valence electrons.